The van der Waals surface area contributed by atoms with Crippen LogP contribution in [0.2, 0.25) is 0 Å². The van der Waals surface area contributed by atoms with Crippen LogP contribution in [0.3, 0.4) is 0 Å². The van der Waals surface area contributed by atoms with Crippen LogP contribution in [-0.4, -0.2) is 50.2 Å². The summed E-state index contributed by atoms with van der Waals surface area (Å²) in [6.45, 7) is 4.20. The van der Waals surface area contributed by atoms with Crippen LogP contribution in [0, 0.1) is 0 Å². The second kappa shape index (κ2) is 7.23. The van der Waals surface area contributed by atoms with Gasteiger partial charge in [-0.1, -0.05) is 0 Å². The third-order valence-electron chi connectivity index (χ3n) is 1.50. The minimum Gasteiger partial charge on any atom is -0.369 e. The Morgan fingerprint density at radius 3 is 1.92 bits per heavy atom. The molecule has 0 saturated heterocycles. The monoisotopic (exact) mass is 193 g/mol. The van der Waals surface area contributed by atoms with Gasteiger partial charge in [0.15, 0.2) is 6.29 Å². The first-order valence-corrected chi connectivity index (χ1v) is 4.17. The van der Waals surface area contributed by atoms with Crippen LogP contribution in [0.5, 0.6) is 0 Å². The first-order valence-electron chi connectivity index (χ1n) is 4.17. The third kappa shape index (κ3) is 5.95. The van der Waals surface area contributed by atoms with Gasteiger partial charge in [0.25, 0.3) is 0 Å². The molecule has 5 heteroatoms. The summed E-state index contributed by atoms with van der Waals surface area (Å²) >= 11 is 0. The second-order valence-corrected chi connectivity index (χ2v) is 2.76. The predicted molar refractivity (Wildman–Crippen MR) is 47.8 cm³/mol. The molecule has 0 spiro atoms. The molecule has 0 bridgehead atoms. The van der Waals surface area contributed by atoms with E-state index in [0.29, 0.717) is 13.5 Å². The van der Waals surface area contributed by atoms with Gasteiger partial charge < -0.3 is 19.3 Å². The second-order valence-electron chi connectivity index (χ2n) is 2.76. The van der Waals surface area contributed by atoms with Gasteiger partial charge in [-0.05, 0) is 13.8 Å². The summed E-state index contributed by atoms with van der Waals surface area (Å²) in [6, 6.07) is 0. The summed E-state index contributed by atoms with van der Waals surface area (Å²) in [5.74, 6) is 0. The fourth-order valence-corrected chi connectivity index (χ4v) is 0.950. The number of nitrogens with zero attached hydrogens (tertiary/aromatic N) is 1. The summed E-state index contributed by atoms with van der Waals surface area (Å²) in [7, 11) is 3.19. The Kier molecular flexibility index (Phi) is 7.12. The molecule has 0 aromatic rings. The number of rotatable bonds is 7. The molecule has 2 atom stereocenters. The molecule has 0 amide bonds. The molecule has 0 aliphatic heterocycles. The number of methoxy groups -OCH3 is 2. The van der Waals surface area contributed by atoms with E-state index in [0.717, 1.165) is 0 Å². The Morgan fingerprint density at radius 2 is 1.62 bits per heavy atom. The van der Waals surface area contributed by atoms with Gasteiger partial charge in [-0.15, -0.1) is 0 Å². The molecule has 1 N–H and O–H groups in total. The van der Waals surface area contributed by atoms with Crippen LogP contribution < -0.4 is 0 Å². The summed E-state index contributed by atoms with van der Waals surface area (Å²) in [4.78, 5) is 1.80. The summed E-state index contributed by atoms with van der Waals surface area (Å²) in [5.41, 5.74) is 0. The van der Waals surface area contributed by atoms with E-state index in [2.05, 4.69) is 0 Å². The molecular formula is C8H19NO4. The van der Waals surface area contributed by atoms with E-state index in [-0.39, 0.29) is 6.23 Å². The van der Waals surface area contributed by atoms with Crippen LogP contribution in [0.4, 0.5) is 0 Å². The topological polar surface area (TPSA) is 51.2 Å². The lowest BCUT2D eigenvalue weighted by Crippen LogP contribution is -2.39. The summed E-state index contributed by atoms with van der Waals surface area (Å²) < 4.78 is 15.0. The Labute approximate surface area is 79.2 Å². The largest absolute Gasteiger partial charge is 0.369 e. The lowest BCUT2D eigenvalue weighted by atomic mass is 10.5. The maximum absolute atomic E-state index is 8.98. The van der Waals surface area contributed by atoms with Gasteiger partial charge in [0, 0.05) is 14.2 Å². The highest BCUT2D eigenvalue weighted by Gasteiger charge is 2.15. The normalized spacial score (nSPS) is 16.2. The molecule has 0 saturated carbocycles. The number of hydrogen-bond donors (Lipinski definition) is 1. The highest BCUT2D eigenvalue weighted by molar-refractivity contribution is 4.49. The highest BCUT2D eigenvalue weighted by atomic mass is 16.6. The lowest BCUT2D eigenvalue weighted by Gasteiger charge is -2.27. The van der Waals surface area contributed by atoms with Crippen molar-refractivity contribution in [1.29, 1.82) is 0 Å². The number of aliphatic hydroxyl groups excluding tert-OH is 1. The molecule has 0 radical (unpaired) electrons. The lowest BCUT2D eigenvalue weighted by molar-refractivity contribution is -0.197. The van der Waals surface area contributed by atoms with E-state index < -0.39 is 6.29 Å². The van der Waals surface area contributed by atoms with Gasteiger partial charge >= 0.3 is 0 Å². The highest BCUT2D eigenvalue weighted by Crippen LogP contribution is 2.02. The van der Waals surface area contributed by atoms with Crippen molar-refractivity contribution in [2.75, 3.05) is 27.7 Å². The molecule has 0 aromatic carbocycles. The van der Waals surface area contributed by atoms with Crippen LogP contribution in [0.1, 0.15) is 13.8 Å². The molecule has 0 aliphatic rings. The molecular weight excluding hydrogens is 174 g/mol. The molecule has 0 aromatic heterocycles. The minimum absolute atomic E-state index is 0.236. The number of aliphatic hydroxyl groups is 1. The van der Waals surface area contributed by atoms with E-state index in [1.54, 1.807) is 26.0 Å². The van der Waals surface area contributed by atoms with E-state index in [9.17, 15) is 0 Å². The average Bonchev–Trinajstić information content (AvgIpc) is 2.02. The molecule has 80 valence electrons. The first kappa shape index (κ1) is 12.8. The quantitative estimate of drug-likeness (QED) is 0.585. The molecule has 0 aliphatic carbocycles. The van der Waals surface area contributed by atoms with Crippen molar-refractivity contribution >= 4 is 0 Å². The molecule has 5 nitrogen and oxygen atoms in total. The Bertz CT molecular complexity index is 115. The third-order valence-corrected chi connectivity index (χ3v) is 1.50. The van der Waals surface area contributed by atoms with Crippen molar-refractivity contribution in [3.8, 4) is 0 Å². The summed E-state index contributed by atoms with van der Waals surface area (Å²) in [6.07, 6.45) is -1.02. The molecule has 13 heavy (non-hydrogen) atoms. The fourth-order valence-electron chi connectivity index (χ4n) is 0.950. The standard InChI is InChI=1S/C8H19NO4/c1-7(13-8(2)10)9(5-11-3)6-12-4/h7-8,10H,5-6H2,1-4H3. The van der Waals surface area contributed by atoms with Crippen LogP contribution in [0.15, 0.2) is 0 Å². The summed E-state index contributed by atoms with van der Waals surface area (Å²) in [5, 5.41) is 8.98. The van der Waals surface area contributed by atoms with E-state index in [4.69, 9.17) is 19.3 Å². The minimum atomic E-state index is -0.786. The maximum atomic E-state index is 8.98. The predicted octanol–water partition coefficient (Wildman–Crippen LogP) is 0.197. The van der Waals surface area contributed by atoms with Crippen molar-refractivity contribution in [2.24, 2.45) is 0 Å². The van der Waals surface area contributed by atoms with Gasteiger partial charge in [0.2, 0.25) is 0 Å². The van der Waals surface area contributed by atoms with Gasteiger partial charge in [-0.2, -0.15) is 0 Å². The number of hydrogen-bond acceptors (Lipinski definition) is 5. The zero-order valence-corrected chi connectivity index (χ0v) is 8.69. The maximum Gasteiger partial charge on any atom is 0.153 e. The van der Waals surface area contributed by atoms with Crippen LogP contribution >= 0.6 is 0 Å². The average molecular weight is 193 g/mol. The number of ether oxygens (including phenoxy) is 3. The molecule has 0 heterocycles. The Morgan fingerprint density at radius 1 is 1.15 bits per heavy atom. The molecule has 0 rings (SSSR count). The van der Waals surface area contributed by atoms with Crippen LogP contribution in [0.25, 0.3) is 0 Å². The fraction of sp³-hybridized carbons (Fsp3) is 1.00. The zero-order valence-electron chi connectivity index (χ0n) is 8.69. The smallest absolute Gasteiger partial charge is 0.153 e. The first-order chi connectivity index (χ1) is 6.11. The van der Waals surface area contributed by atoms with Crippen molar-refractivity contribution in [3.63, 3.8) is 0 Å². The van der Waals surface area contributed by atoms with Crippen molar-refractivity contribution in [1.82, 2.24) is 4.90 Å². The van der Waals surface area contributed by atoms with Gasteiger partial charge in [-0.25, -0.2) is 4.90 Å². The molecule has 0 fully saturated rings. The Hall–Kier alpha value is -0.200. The van der Waals surface area contributed by atoms with E-state index in [1.807, 2.05) is 6.92 Å². The van der Waals surface area contributed by atoms with Gasteiger partial charge in [0.1, 0.15) is 19.7 Å². The Balaban J connectivity index is 3.86. The van der Waals surface area contributed by atoms with Gasteiger partial charge in [-0.3, -0.25) is 0 Å². The molecule has 2 unspecified atom stereocenters. The van der Waals surface area contributed by atoms with E-state index in [1.165, 1.54) is 0 Å². The van der Waals surface area contributed by atoms with Gasteiger partial charge in [0.05, 0.1) is 0 Å². The zero-order chi connectivity index (χ0) is 10.3. The van der Waals surface area contributed by atoms with Crippen molar-refractivity contribution < 1.29 is 19.3 Å². The SMILES string of the molecule is COCN(COC)C(C)OC(C)O. The van der Waals surface area contributed by atoms with Crippen LogP contribution in [-0.2, 0) is 14.2 Å². The van der Waals surface area contributed by atoms with Crippen molar-refractivity contribution in [2.45, 2.75) is 26.4 Å². The van der Waals surface area contributed by atoms with Crippen molar-refractivity contribution in [3.05, 3.63) is 0 Å². The van der Waals surface area contributed by atoms with E-state index >= 15 is 0 Å².